The molecule has 82 valence electrons. The molecular weight excluding hydrogens is 196 g/mol. The monoisotopic (exact) mass is 210 g/mol. The summed E-state index contributed by atoms with van der Waals surface area (Å²) >= 11 is 0. The second-order valence-electron chi connectivity index (χ2n) is 3.78. The minimum atomic E-state index is -0.763. The summed E-state index contributed by atoms with van der Waals surface area (Å²) < 4.78 is 6.86. The van der Waals surface area contributed by atoms with Crippen LogP contribution in [0.4, 0.5) is 0 Å². The van der Waals surface area contributed by atoms with E-state index in [1.165, 1.54) is 0 Å². The molecule has 1 N–H and O–H groups in total. The van der Waals surface area contributed by atoms with Crippen LogP contribution in [-0.4, -0.2) is 27.7 Å². The Balaban J connectivity index is 2.39. The highest BCUT2D eigenvalue weighted by molar-refractivity contribution is 5.76. The molecule has 1 unspecified atom stereocenters. The fourth-order valence-electron chi connectivity index (χ4n) is 2.16. The van der Waals surface area contributed by atoms with Gasteiger partial charge in [-0.2, -0.15) is 0 Å². The van der Waals surface area contributed by atoms with E-state index in [1.54, 1.807) is 7.11 Å². The standard InChI is InChI=1S/C10H14N2O3/c1-12-8(5-15-2)11-7-4-3-6(9(7)12)10(13)14/h6H,3-5H2,1-2H3,(H,13,14). The second kappa shape index (κ2) is 3.66. The number of methoxy groups -OCH3 is 1. The van der Waals surface area contributed by atoms with E-state index in [4.69, 9.17) is 9.84 Å². The summed E-state index contributed by atoms with van der Waals surface area (Å²) in [6.07, 6.45) is 1.41. The molecule has 0 saturated carbocycles. The smallest absolute Gasteiger partial charge is 0.312 e. The molecule has 5 heteroatoms. The lowest BCUT2D eigenvalue weighted by molar-refractivity contribution is -0.138. The van der Waals surface area contributed by atoms with Gasteiger partial charge >= 0.3 is 5.97 Å². The summed E-state index contributed by atoms with van der Waals surface area (Å²) in [7, 11) is 3.45. The van der Waals surface area contributed by atoms with E-state index < -0.39 is 11.9 Å². The molecule has 0 saturated heterocycles. The Kier molecular flexibility index (Phi) is 2.48. The molecule has 0 amide bonds. The number of carbonyl (C=O) groups is 1. The van der Waals surface area contributed by atoms with Gasteiger partial charge in [0.05, 0.1) is 17.3 Å². The molecule has 1 aromatic heterocycles. The topological polar surface area (TPSA) is 64.4 Å². The molecule has 0 aromatic carbocycles. The Morgan fingerprint density at radius 1 is 1.73 bits per heavy atom. The van der Waals surface area contributed by atoms with Crippen molar-refractivity contribution in [3.63, 3.8) is 0 Å². The summed E-state index contributed by atoms with van der Waals surface area (Å²) in [5.41, 5.74) is 1.76. The van der Waals surface area contributed by atoms with Crippen LogP contribution >= 0.6 is 0 Å². The van der Waals surface area contributed by atoms with Gasteiger partial charge < -0.3 is 14.4 Å². The molecule has 0 radical (unpaired) electrons. The van der Waals surface area contributed by atoms with Crippen molar-refractivity contribution in [1.29, 1.82) is 0 Å². The van der Waals surface area contributed by atoms with Gasteiger partial charge in [0.1, 0.15) is 12.4 Å². The molecule has 2 rings (SSSR count). The highest BCUT2D eigenvalue weighted by Gasteiger charge is 2.33. The molecule has 1 heterocycles. The number of imidazole rings is 1. The number of rotatable bonds is 3. The minimum absolute atomic E-state index is 0.400. The molecule has 15 heavy (non-hydrogen) atoms. The first-order valence-electron chi connectivity index (χ1n) is 4.91. The van der Waals surface area contributed by atoms with Gasteiger partial charge in [0.2, 0.25) is 0 Å². The van der Waals surface area contributed by atoms with Crippen molar-refractivity contribution in [2.24, 2.45) is 7.05 Å². The molecule has 1 aromatic rings. The van der Waals surface area contributed by atoms with Crippen LogP contribution in [-0.2, 0) is 29.6 Å². The van der Waals surface area contributed by atoms with Crippen LogP contribution in [0.15, 0.2) is 0 Å². The van der Waals surface area contributed by atoms with Crippen LogP contribution in [0.5, 0.6) is 0 Å². The SMILES string of the molecule is COCc1nc2c(n1C)C(C(=O)O)CC2. The molecule has 0 aliphatic heterocycles. The Labute approximate surface area is 87.7 Å². The number of fused-ring (bicyclic) bond motifs is 1. The minimum Gasteiger partial charge on any atom is -0.481 e. The molecule has 1 aliphatic rings. The van der Waals surface area contributed by atoms with Gasteiger partial charge in [-0.3, -0.25) is 4.79 Å². The number of aliphatic carboxylic acids is 1. The lowest BCUT2D eigenvalue weighted by Crippen LogP contribution is -2.13. The van der Waals surface area contributed by atoms with Crippen LogP contribution in [0.3, 0.4) is 0 Å². The fraction of sp³-hybridized carbons (Fsp3) is 0.600. The van der Waals surface area contributed by atoms with Gasteiger partial charge in [-0.15, -0.1) is 0 Å². The zero-order valence-electron chi connectivity index (χ0n) is 8.86. The van der Waals surface area contributed by atoms with Gasteiger partial charge in [-0.1, -0.05) is 0 Å². The molecule has 1 atom stereocenters. The lowest BCUT2D eigenvalue weighted by atomic mass is 10.1. The highest BCUT2D eigenvalue weighted by atomic mass is 16.5. The van der Waals surface area contributed by atoms with E-state index in [0.29, 0.717) is 13.0 Å². The maximum absolute atomic E-state index is 11.0. The molecule has 0 fully saturated rings. The largest absolute Gasteiger partial charge is 0.481 e. The van der Waals surface area contributed by atoms with E-state index in [0.717, 1.165) is 23.6 Å². The van der Waals surface area contributed by atoms with E-state index in [-0.39, 0.29) is 0 Å². The summed E-state index contributed by atoms with van der Waals surface area (Å²) in [6, 6.07) is 0. The zero-order valence-corrected chi connectivity index (χ0v) is 8.86. The van der Waals surface area contributed by atoms with E-state index >= 15 is 0 Å². The molecule has 5 nitrogen and oxygen atoms in total. The highest BCUT2D eigenvalue weighted by Crippen LogP contribution is 2.33. The molecule has 0 bridgehead atoms. The van der Waals surface area contributed by atoms with Crippen molar-refractivity contribution < 1.29 is 14.6 Å². The number of carboxylic acids is 1. The van der Waals surface area contributed by atoms with Crippen molar-refractivity contribution in [2.75, 3.05) is 7.11 Å². The third-order valence-electron chi connectivity index (χ3n) is 2.88. The van der Waals surface area contributed by atoms with Crippen molar-refractivity contribution in [2.45, 2.75) is 25.4 Å². The van der Waals surface area contributed by atoms with E-state index in [1.807, 2.05) is 11.6 Å². The average Bonchev–Trinajstić information content (AvgIpc) is 2.70. The summed E-state index contributed by atoms with van der Waals surface area (Å²) in [6.45, 7) is 0.426. The summed E-state index contributed by atoms with van der Waals surface area (Å²) in [5, 5.41) is 9.05. The van der Waals surface area contributed by atoms with Gasteiger partial charge in [0, 0.05) is 14.2 Å². The quantitative estimate of drug-likeness (QED) is 0.796. The lowest BCUT2D eigenvalue weighted by Gasteiger charge is -2.08. The van der Waals surface area contributed by atoms with E-state index in [2.05, 4.69) is 4.98 Å². The van der Waals surface area contributed by atoms with Gasteiger partial charge in [0.15, 0.2) is 0 Å². The van der Waals surface area contributed by atoms with Crippen LogP contribution < -0.4 is 0 Å². The fourth-order valence-corrected chi connectivity index (χ4v) is 2.16. The average molecular weight is 210 g/mol. The number of hydrogen-bond donors (Lipinski definition) is 1. The Morgan fingerprint density at radius 2 is 2.47 bits per heavy atom. The van der Waals surface area contributed by atoms with Crippen molar-refractivity contribution in [3.8, 4) is 0 Å². The predicted octanol–water partition coefficient (Wildman–Crippen LogP) is 0.681. The number of aryl methyl sites for hydroxylation is 1. The van der Waals surface area contributed by atoms with Gasteiger partial charge in [0.25, 0.3) is 0 Å². The normalized spacial score (nSPS) is 19.2. The Hall–Kier alpha value is -1.36. The maximum atomic E-state index is 11.0. The number of hydrogen-bond acceptors (Lipinski definition) is 3. The van der Waals surface area contributed by atoms with Crippen LogP contribution in [0, 0.1) is 0 Å². The third-order valence-corrected chi connectivity index (χ3v) is 2.88. The first kappa shape index (κ1) is 10.2. The number of carboxylic acid groups (broad SMARTS) is 1. The van der Waals surface area contributed by atoms with Gasteiger partial charge in [-0.05, 0) is 12.8 Å². The predicted molar refractivity (Wildman–Crippen MR) is 52.6 cm³/mol. The molecule has 1 aliphatic carbocycles. The number of aromatic nitrogens is 2. The summed E-state index contributed by atoms with van der Waals surface area (Å²) in [4.78, 5) is 15.4. The second-order valence-corrected chi connectivity index (χ2v) is 3.78. The van der Waals surface area contributed by atoms with Crippen LogP contribution in [0.2, 0.25) is 0 Å². The first-order valence-corrected chi connectivity index (χ1v) is 4.91. The number of nitrogens with zero attached hydrogens (tertiary/aromatic N) is 2. The summed E-state index contributed by atoms with van der Waals surface area (Å²) in [5.74, 6) is -0.364. The third kappa shape index (κ3) is 1.52. The van der Waals surface area contributed by atoms with E-state index in [9.17, 15) is 4.79 Å². The van der Waals surface area contributed by atoms with Crippen molar-refractivity contribution in [1.82, 2.24) is 9.55 Å². The zero-order chi connectivity index (χ0) is 11.0. The van der Waals surface area contributed by atoms with Gasteiger partial charge in [-0.25, -0.2) is 4.98 Å². The van der Waals surface area contributed by atoms with Crippen LogP contribution in [0.25, 0.3) is 0 Å². The first-order chi connectivity index (χ1) is 7.15. The van der Waals surface area contributed by atoms with Crippen molar-refractivity contribution >= 4 is 5.97 Å². The molecular formula is C10H14N2O3. The Bertz CT molecular complexity index is 398. The Morgan fingerprint density at radius 3 is 3.07 bits per heavy atom. The number of ether oxygens (including phenoxy) is 1. The van der Waals surface area contributed by atoms with Crippen molar-refractivity contribution in [3.05, 3.63) is 17.2 Å². The molecule has 0 spiro atoms. The van der Waals surface area contributed by atoms with Crippen LogP contribution in [0.1, 0.15) is 29.6 Å². The maximum Gasteiger partial charge on any atom is 0.312 e.